The quantitative estimate of drug-likeness (QED) is 0.419. The van der Waals surface area contributed by atoms with Crippen LogP contribution in [0.4, 0.5) is 0 Å². The van der Waals surface area contributed by atoms with Crippen molar-refractivity contribution in [3.05, 3.63) is 40.3 Å². The van der Waals surface area contributed by atoms with E-state index in [1.165, 1.54) is 11.1 Å². The van der Waals surface area contributed by atoms with Crippen molar-refractivity contribution < 1.29 is 0 Å². The van der Waals surface area contributed by atoms with Crippen molar-refractivity contribution in [2.24, 2.45) is 4.99 Å². The van der Waals surface area contributed by atoms with Crippen molar-refractivity contribution in [1.82, 2.24) is 20.4 Å². The predicted octanol–water partition coefficient (Wildman–Crippen LogP) is 2.84. The van der Waals surface area contributed by atoms with Gasteiger partial charge in [-0.1, -0.05) is 6.92 Å². The fraction of sp³-hybridized carbons (Fsp3) is 0.467. The lowest BCUT2D eigenvalue weighted by atomic mass is 10.1. The molecule has 122 valence electrons. The van der Waals surface area contributed by atoms with Gasteiger partial charge >= 0.3 is 0 Å². The van der Waals surface area contributed by atoms with Gasteiger partial charge < -0.3 is 10.6 Å². The van der Waals surface area contributed by atoms with Crippen LogP contribution < -0.4 is 10.6 Å². The zero-order valence-electron chi connectivity index (χ0n) is 13.2. The number of guanidine groups is 1. The molecule has 7 heteroatoms. The topological polar surface area (TPSA) is 54.2 Å². The molecule has 2 aromatic heterocycles. The van der Waals surface area contributed by atoms with Gasteiger partial charge in [0.05, 0.1) is 12.7 Å². The lowest BCUT2D eigenvalue weighted by Crippen LogP contribution is -2.40. The third-order valence-electron chi connectivity index (χ3n) is 3.31. The summed E-state index contributed by atoms with van der Waals surface area (Å²) in [6, 6.07) is 2.17. The Balaban J connectivity index is 0.00000242. The van der Waals surface area contributed by atoms with Crippen LogP contribution in [0.2, 0.25) is 0 Å². The molecule has 22 heavy (non-hydrogen) atoms. The molecule has 0 spiro atoms. The van der Waals surface area contributed by atoms with Crippen molar-refractivity contribution in [2.45, 2.75) is 26.3 Å². The van der Waals surface area contributed by atoms with E-state index in [0.29, 0.717) is 5.92 Å². The van der Waals surface area contributed by atoms with Crippen molar-refractivity contribution in [3.63, 3.8) is 0 Å². The molecule has 2 aromatic rings. The third-order valence-corrected chi connectivity index (χ3v) is 4.01. The van der Waals surface area contributed by atoms with Crippen LogP contribution in [0.1, 0.15) is 24.0 Å². The maximum absolute atomic E-state index is 4.26. The van der Waals surface area contributed by atoms with Gasteiger partial charge in [0.1, 0.15) is 0 Å². The van der Waals surface area contributed by atoms with Gasteiger partial charge in [-0.25, -0.2) is 0 Å². The highest BCUT2D eigenvalue weighted by Crippen LogP contribution is 2.16. The van der Waals surface area contributed by atoms with Crippen LogP contribution in [-0.4, -0.2) is 35.9 Å². The Hall–Kier alpha value is -1.09. The Morgan fingerprint density at radius 2 is 2.27 bits per heavy atom. The molecule has 0 saturated carbocycles. The summed E-state index contributed by atoms with van der Waals surface area (Å²) in [6.45, 7) is 6.76. The number of aromatic nitrogens is 2. The van der Waals surface area contributed by atoms with Crippen LogP contribution >= 0.6 is 35.3 Å². The maximum Gasteiger partial charge on any atom is 0.191 e. The van der Waals surface area contributed by atoms with E-state index in [9.17, 15) is 0 Å². The zero-order valence-corrected chi connectivity index (χ0v) is 16.4. The van der Waals surface area contributed by atoms with Gasteiger partial charge in [-0.3, -0.25) is 9.67 Å². The predicted molar refractivity (Wildman–Crippen MR) is 104 cm³/mol. The molecule has 2 heterocycles. The summed E-state index contributed by atoms with van der Waals surface area (Å²) in [7, 11) is 1.79. The van der Waals surface area contributed by atoms with E-state index < -0.39 is 0 Å². The Labute approximate surface area is 153 Å². The summed E-state index contributed by atoms with van der Waals surface area (Å²) in [5.41, 5.74) is 2.55. The normalized spacial score (nSPS) is 12.6. The number of nitrogens with one attached hydrogen (secondary N) is 2. The average molecular weight is 433 g/mol. The molecule has 0 aliphatic heterocycles. The van der Waals surface area contributed by atoms with Gasteiger partial charge in [-0.05, 0) is 40.8 Å². The van der Waals surface area contributed by atoms with E-state index in [1.807, 2.05) is 24.0 Å². The zero-order chi connectivity index (χ0) is 15.1. The van der Waals surface area contributed by atoms with E-state index >= 15 is 0 Å². The molecular formula is C15H24IN5S. The number of halogens is 1. The first-order chi connectivity index (χ1) is 10.2. The molecule has 0 aliphatic rings. The van der Waals surface area contributed by atoms with E-state index in [0.717, 1.165) is 25.6 Å². The number of nitrogens with zero attached hydrogens (tertiary/aromatic N) is 3. The minimum Gasteiger partial charge on any atom is -0.356 e. The van der Waals surface area contributed by atoms with Crippen LogP contribution in [0.3, 0.4) is 0 Å². The average Bonchev–Trinajstić information content (AvgIpc) is 3.14. The van der Waals surface area contributed by atoms with Crippen molar-refractivity contribution in [2.75, 3.05) is 20.1 Å². The van der Waals surface area contributed by atoms with E-state index in [1.54, 1.807) is 18.4 Å². The molecule has 1 atom stereocenters. The molecular weight excluding hydrogens is 409 g/mol. The molecule has 0 aromatic carbocycles. The van der Waals surface area contributed by atoms with Gasteiger partial charge in [0.2, 0.25) is 0 Å². The fourth-order valence-corrected chi connectivity index (χ4v) is 2.80. The number of aliphatic imine (C=N–C) groups is 1. The Kier molecular flexibility index (Phi) is 8.47. The third kappa shape index (κ3) is 5.96. The highest BCUT2D eigenvalue weighted by molar-refractivity contribution is 14.0. The first-order valence-electron chi connectivity index (χ1n) is 7.14. The van der Waals surface area contributed by atoms with Crippen LogP contribution in [0, 0.1) is 6.92 Å². The standard InChI is InChI=1S/C15H23N5S.HI/c1-12-8-19-20(10-12)6-5-17-15(16-3)18-9-13(2)14-4-7-21-11-14;/h4,7-8,10-11,13H,5-6,9H2,1-3H3,(H2,16,17,18);1H. The smallest absolute Gasteiger partial charge is 0.191 e. The summed E-state index contributed by atoms with van der Waals surface area (Å²) >= 11 is 1.74. The number of hydrogen-bond donors (Lipinski definition) is 2. The second-order valence-electron chi connectivity index (χ2n) is 5.12. The van der Waals surface area contributed by atoms with Crippen LogP contribution in [0.5, 0.6) is 0 Å². The Morgan fingerprint density at radius 1 is 1.45 bits per heavy atom. The molecule has 5 nitrogen and oxygen atoms in total. The second kappa shape index (κ2) is 9.83. The summed E-state index contributed by atoms with van der Waals surface area (Å²) in [5, 5.41) is 15.2. The lowest BCUT2D eigenvalue weighted by molar-refractivity contribution is 0.595. The van der Waals surface area contributed by atoms with E-state index in [2.05, 4.69) is 44.5 Å². The number of rotatable bonds is 6. The highest BCUT2D eigenvalue weighted by Gasteiger charge is 2.06. The van der Waals surface area contributed by atoms with Crippen LogP contribution in [0.15, 0.2) is 34.2 Å². The van der Waals surface area contributed by atoms with Crippen LogP contribution in [-0.2, 0) is 6.54 Å². The summed E-state index contributed by atoms with van der Waals surface area (Å²) in [5.74, 6) is 1.31. The number of hydrogen-bond acceptors (Lipinski definition) is 3. The van der Waals surface area contributed by atoms with Gasteiger partial charge in [0.15, 0.2) is 5.96 Å². The molecule has 0 bridgehead atoms. The second-order valence-corrected chi connectivity index (χ2v) is 5.90. The summed E-state index contributed by atoms with van der Waals surface area (Å²) in [6.07, 6.45) is 3.91. The number of thiophene rings is 1. The summed E-state index contributed by atoms with van der Waals surface area (Å²) < 4.78 is 1.93. The molecule has 0 saturated heterocycles. The molecule has 0 amide bonds. The van der Waals surface area contributed by atoms with Crippen molar-refractivity contribution in [3.8, 4) is 0 Å². The monoisotopic (exact) mass is 433 g/mol. The van der Waals surface area contributed by atoms with Gasteiger partial charge in [0, 0.05) is 26.3 Å². The Morgan fingerprint density at radius 3 is 2.86 bits per heavy atom. The van der Waals surface area contributed by atoms with Crippen LogP contribution in [0.25, 0.3) is 0 Å². The SMILES string of the molecule is CN=C(NCCn1cc(C)cn1)NCC(C)c1ccsc1.I. The molecule has 1 unspecified atom stereocenters. The van der Waals surface area contributed by atoms with Gasteiger partial charge in [0.25, 0.3) is 0 Å². The lowest BCUT2D eigenvalue weighted by Gasteiger charge is -2.15. The summed E-state index contributed by atoms with van der Waals surface area (Å²) in [4.78, 5) is 4.25. The van der Waals surface area contributed by atoms with Crippen molar-refractivity contribution in [1.29, 1.82) is 0 Å². The first kappa shape index (κ1) is 19.0. The van der Waals surface area contributed by atoms with Crippen molar-refractivity contribution >= 4 is 41.3 Å². The van der Waals surface area contributed by atoms with Gasteiger partial charge in [-0.15, -0.1) is 24.0 Å². The number of aryl methyl sites for hydroxylation is 1. The van der Waals surface area contributed by atoms with E-state index in [-0.39, 0.29) is 24.0 Å². The molecule has 2 rings (SSSR count). The van der Waals surface area contributed by atoms with E-state index in [4.69, 9.17) is 0 Å². The molecule has 0 radical (unpaired) electrons. The maximum atomic E-state index is 4.26. The molecule has 0 fully saturated rings. The minimum absolute atomic E-state index is 0. The largest absolute Gasteiger partial charge is 0.356 e. The first-order valence-corrected chi connectivity index (χ1v) is 8.09. The molecule has 0 aliphatic carbocycles. The highest BCUT2D eigenvalue weighted by atomic mass is 127. The molecule has 2 N–H and O–H groups in total. The fourth-order valence-electron chi connectivity index (χ4n) is 2.02. The van der Waals surface area contributed by atoms with Gasteiger partial charge in [-0.2, -0.15) is 16.4 Å². The minimum atomic E-state index is 0. The Bertz CT molecular complexity index is 564.